The van der Waals surface area contributed by atoms with Crippen molar-refractivity contribution in [2.75, 3.05) is 13.6 Å². The first-order valence-corrected chi connectivity index (χ1v) is 6.12. The van der Waals surface area contributed by atoms with E-state index in [9.17, 15) is 13.2 Å². The summed E-state index contributed by atoms with van der Waals surface area (Å²) >= 11 is 0. The SMILES string of the molecule is CN1CCC[C@H]1c1ccc2ocnc2c1C(F)(F)F. The fourth-order valence-electron chi connectivity index (χ4n) is 2.83. The maximum atomic E-state index is 13.3. The molecule has 3 rings (SSSR count). The van der Waals surface area contributed by atoms with Crippen LogP contribution >= 0.6 is 0 Å². The highest BCUT2D eigenvalue weighted by Crippen LogP contribution is 2.42. The van der Waals surface area contributed by atoms with Gasteiger partial charge >= 0.3 is 6.18 Å². The third-order valence-electron chi connectivity index (χ3n) is 3.70. The highest BCUT2D eigenvalue weighted by atomic mass is 19.4. The lowest BCUT2D eigenvalue weighted by Crippen LogP contribution is -2.21. The van der Waals surface area contributed by atoms with Gasteiger partial charge in [-0.2, -0.15) is 13.2 Å². The van der Waals surface area contributed by atoms with Gasteiger partial charge in [0.2, 0.25) is 0 Å². The van der Waals surface area contributed by atoms with E-state index >= 15 is 0 Å². The van der Waals surface area contributed by atoms with Gasteiger partial charge in [0.15, 0.2) is 12.0 Å². The number of halogens is 3. The maximum Gasteiger partial charge on any atom is 0.418 e. The van der Waals surface area contributed by atoms with Gasteiger partial charge in [0.25, 0.3) is 0 Å². The molecule has 1 aliphatic rings. The summed E-state index contributed by atoms with van der Waals surface area (Å²) in [4.78, 5) is 5.69. The van der Waals surface area contributed by atoms with Crippen LogP contribution in [0.1, 0.15) is 30.0 Å². The lowest BCUT2D eigenvalue weighted by atomic mass is 9.97. The molecule has 1 aliphatic heterocycles. The molecule has 0 aliphatic carbocycles. The summed E-state index contributed by atoms with van der Waals surface area (Å²) in [5.41, 5.74) is -0.270. The molecular formula is C13H13F3N2O. The summed E-state index contributed by atoms with van der Waals surface area (Å²) in [6.45, 7) is 0.818. The van der Waals surface area contributed by atoms with Gasteiger partial charge in [-0.1, -0.05) is 6.07 Å². The number of benzene rings is 1. The topological polar surface area (TPSA) is 29.3 Å². The van der Waals surface area contributed by atoms with Crippen LogP contribution in [0.15, 0.2) is 22.9 Å². The van der Waals surface area contributed by atoms with Crippen molar-refractivity contribution < 1.29 is 17.6 Å². The minimum absolute atomic E-state index is 0.0923. The van der Waals surface area contributed by atoms with E-state index in [0.717, 1.165) is 25.8 Å². The number of nitrogens with zero attached hydrogens (tertiary/aromatic N) is 2. The molecule has 3 nitrogen and oxygen atoms in total. The highest BCUT2D eigenvalue weighted by molar-refractivity contribution is 5.78. The van der Waals surface area contributed by atoms with Crippen LogP contribution in [0.2, 0.25) is 0 Å². The summed E-state index contributed by atoms with van der Waals surface area (Å²) in [5, 5.41) is 0. The van der Waals surface area contributed by atoms with Crippen LogP contribution in [-0.4, -0.2) is 23.5 Å². The molecule has 0 bridgehead atoms. The van der Waals surface area contributed by atoms with E-state index in [1.807, 2.05) is 11.9 Å². The van der Waals surface area contributed by atoms with Gasteiger partial charge in [-0.25, -0.2) is 4.98 Å². The lowest BCUT2D eigenvalue weighted by molar-refractivity contribution is -0.137. The summed E-state index contributed by atoms with van der Waals surface area (Å²) < 4.78 is 45.0. The molecule has 1 aromatic carbocycles. The summed E-state index contributed by atoms with van der Waals surface area (Å²) in [7, 11) is 1.85. The Kier molecular flexibility index (Phi) is 2.78. The molecule has 0 unspecified atom stereocenters. The predicted molar refractivity (Wildman–Crippen MR) is 63.6 cm³/mol. The lowest BCUT2D eigenvalue weighted by Gasteiger charge is -2.23. The van der Waals surface area contributed by atoms with Crippen molar-refractivity contribution in [1.82, 2.24) is 9.88 Å². The van der Waals surface area contributed by atoms with Crippen LogP contribution in [0.5, 0.6) is 0 Å². The Morgan fingerprint density at radius 1 is 1.37 bits per heavy atom. The predicted octanol–water partition coefficient (Wildman–Crippen LogP) is 3.61. The molecule has 0 radical (unpaired) electrons. The van der Waals surface area contributed by atoms with E-state index in [-0.39, 0.29) is 17.1 Å². The summed E-state index contributed by atoms with van der Waals surface area (Å²) in [6.07, 6.45) is -1.71. The van der Waals surface area contributed by atoms with Crippen LogP contribution < -0.4 is 0 Å². The average molecular weight is 270 g/mol. The number of fused-ring (bicyclic) bond motifs is 1. The molecule has 0 spiro atoms. The summed E-state index contributed by atoms with van der Waals surface area (Å²) in [5.74, 6) is 0. The number of alkyl halides is 3. The first-order valence-electron chi connectivity index (χ1n) is 6.12. The van der Waals surface area contributed by atoms with Crippen LogP contribution in [0.3, 0.4) is 0 Å². The molecule has 19 heavy (non-hydrogen) atoms. The van der Waals surface area contributed by atoms with E-state index in [1.165, 1.54) is 6.07 Å². The Labute approximate surface area is 108 Å². The van der Waals surface area contributed by atoms with Gasteiger partial charge in [-0.3, -0.25) is 4.90 Å². The minimum Gasteiger partial charge on any atom is -0.443 e. The quantitative estimate of drug-likeness (QED) is 0.792. The number of aromatic nitrogens is 1. The van der Waals surface area contributed by atoms with Gasteiger partial charge in [0, 0.05) is 6.04 Å². The van der Waals surface area contributed by atoms with E-state index in [4.69, 9.17) is 4.42 Å². The number of likely N-dealkylation sites (tertiary alicyclic amines) is 1. The number of hydrogen-bond donors (Lipinski definition) is 0. The first kappa shape index (κ1) is 12.5. The zero-order valence-corrected chi connectivity index (χ0v) is 10.4. The van der Waals surface area contributed by atoms with Crippen LogP contribution in [0, 0.1) is 0 Å². The Morgan fingerprint density at radius 2 is 2.16 bits per heavy atom. The second kappa shape index (κ2) is 4.23. The van der Waals surface area contributed by atoms with E-state index < -0.39 is 11.7 Å². The van der Waals surface area contributed by atoms with E-state index in [1.54, 1.807) is 6.07 Å². The normalized spacial score (nSPS) is 21.4. The van der Waals surface area contributed by atoms with Gasteiger partial charge < -0.3 is 4.42 Å². The van der Waals surface area contributed by atoms with Crippen molar-refractivity contribution in [1.29, 1.82) is 0 Å². The zero-order valence-electron chi connectivity index (χ0n) is 10.4. The summed E-state index contributed by atoms with van der Waals surface area (Å²) in [6, 6.07) is 2.89. The molecule has 102 valence electrons. The number of oxazole rings is 1. The Morgan fingerprint density at radius 3 is 2.79 bits per heavy atom. The Bertz CT molecular complexity index is 605. The fourth-order valence-corrected chi connectivity index (χ4v) is 2.83. The van der Waals surface area contributed by atoms with Crippen molar-refractivity contribution in [3.05, 3.63) is 29.7 Å². The molecule has 0 N–H and O–H groups in total. The minimum atomic E-state index is -4.42. The molecule has 1 aromatic heterocycles. The van der Waals surface area contributed by atoms with Crippen molar-refractivity contribution in [3.8, 4) is 0 Å². The fraction of sp³-hybridized carbons (Fsp3) is 0.462. The van der Waals surface area contributed by atoms with Crippen molar-refractivity contribution >= 4 is 11.1 Å². The molecule has 1 atom stereocenters. The van der Waals surface area contributed by atoms with Gasteiger partial charge in [0.1, 0.15) is 5.52 Å². The van der Waals surface area contributed by atoms with Crippen LogP contribution in [-0.2, 0) is 6.18 Å². The number of hydrogen-bond acceptors (Lipinski definition) is 3. The van der Waals surface area contributed by atoms with Gasteiger partial charge in [-0.15, -0.1) is 0 Å². The second-order valence-electron chi connectivity index (χ2n) is 4.87. The van der Waals surface area contributed by atoms with Crippen molar-refractivity contribution in [2.24, 2.45) is 0 Å². The van der Waals surface area contributed by atoms with Gasteiger partial charge in [-0.05, 0) is 38.1 Å². The second-order valence-corrected chi connectivity index (χ2v) is 4.87. The molecule has 0 saturated carbocycles. The van der Waals surface area contributed by atoms with Crippen LogP contribution in [0.25, 0.3) is 11.1 Å². The number of rotatable bonds is 1. The Hall–Kier alpha value is -1.56. The van der Waals surface area contributed by atoms with Gasteiger partial charge in [0.05, 0.1) is 5.56 Å². The third-order valence-corrected chi connectivity index (χ3v) is 3.70. The van der Waals surface area contributed by atoms with Crippen molar-refractivity contribution in [3.63, 3.8) is 0 Å². The molecule has 1 saturated heterocycles. The zero-order chi connectivity index (χ0) is 13.6. The molecule has 6 heteroatoms. The molecule has 2 heterocycles. The monoisotopic (exact) mass is 270 g/mol. The average Bonchev–Trinajstić information content (AvgIpc) is 2.93. The molecule has 1 fully saturated rings. The maximum absolute atomic E-state index is 13.3. The molecule has 0 amide bonds. The van der Waals surface area contributed by atoms with E-state index in [0.29, 0.717) is 5.56 Å². The molecular weight excluding hydrogens is 257 g/mol. The standard InChI is InChI=1S/C13H13F3N2O/c1-18-6-2-3-9(18)8-4-5-10-12(17-7-19-10)11(8)13(14,15)16/h4-5,7,9H,2-3,6H2,1H3/t9-/m0/s1. The van der Waals surface area contributed by atoms with Crippen molar-refractivity contribution in [2.45, 2.75) is 25.1 Å². The molecule has 2 aromatic rings. The van der Waals surface area contributed by atoms with E-state index in [2.05, 4.69) is 4.98 Å². The third kappa shape index (κ3) is 2.00. The highest BCUT2D eigenvalue weighted by Gasteiger charge is 2.40. The van der Waals surface area contributed by atoms with Crippen LogP contribution in [0.4, 0.5) is 13.2 Å². The Balaban J connectivity index is 2.23. The first-order chi connectivity index (χ1) is 8.98. The largest absolute Gasteiger partial charge is 0.443 e. The smallest absolute Gasteiger partial charge is 0.418 e.